The van der Waals surface area contributed by atoms with Crippen LogP contribution in [0.2, 0.25) is 0 Å². The molecular formula is C8H14BrN. The molecule has 0 saturated heterocycles. The van der Waals surface area contributed by atoms with E-state index in [0.29, 0.717) is 0 Å². The van der Waals surface area contributed by atoms with Gasteiger partial charge in [-0.15, -0.1) is 17.0 Å². The van der Waals surface area contributed by atoms with Gasteiger partial charge in [-0.3, -0.25) is 0 Å². The van der Waals surface area contributed by atoms with Crippen LogP contribution in [0.4, 0.5) is 0 Å². The second kappa shape index (κ2) is 4.56. The van der Waals surface area contributed by atoms with Gasteiger partial charge < -0.3 is 4.57 Å². The molecular weight excluding hydrogens is 190 g/mol. The molecule has 10 heavy (non-hydrogen) atoms. The zero-order valence-electron chi connectivity index (χ0n) is 6.50. The maximum Gasteiger partial charge on any atom is 0.0171 e. The van der Waals surface area contributed by atoms with E-state index >= 15 is 0 Å². The van der Waals surface area contributed by atoms with Crippen molar-refractivity contribution < 1.29 is 0 Å². The summed E-state index contributed by atoms with van der Waals surface area (Å²) in [6.45, 7) is 2.20. The summed E-state index contributed by atoms with van der Waals surface area (Å²) in [6.07, 6.45) is 4.52. The van der Waals surface area contributed by atoms with E-state index in [1.807, 2.05) is 0 Å². The Morgan fingerprint density at radius 2 is 2.20 bits per heavy atom. The van der Waals surface area contributed by atoms with E-state index in [-0.39, 0.29) is 17.0 Å². The van der Waals surface area contributed by atoms with Crippen LogP contribution in [0, 0.1) is 0 Å². The molecule has 0 unspecified atom stereocenters. The predicted octanol–water partition coefficient (Wildman–Crippen LogP) is 2.56. The van der Waals surface area contributed by atoms with E-state index in [4.69, 9.17) is 0 Å². The molecule has 1 heterocycles. The molecule has 0 bridgehead atoms. The van der Waals surface area contributed by atoms with Crippen molar-refractivity contribution in [1.29, 1.82) is 0 Å². The lowest BCUT2D eigenvalue weighted by Crippen LogP contribution is -1.92. The minimum absolute atomic E-state index is 0. The zero-order chi connectivity index (χ0) is 6.69. The molecule has 0 aliphatic rings. The summed E-state index contributed by atoms with van der Waals surface area (Å²) < 4.78 is 2.17. The van der Waals surface area contributed by atoms with Crippen LogP contribution in [0.3, 0.4) is 0 Å². The fourth-order valence-corrected chi connectivity index (χ4v) is 1.01. The fraction of sp³-hybridized carbons (Fsp3) is 0.500. The summed E-state index contributed by atoms with van der Waals surface area (Å²) in [7, 11) is 2.09. The molecule has 0 spiro atoms. The summed E-state index contributed by atoms with van der Waals surface area (Å²) in [5.74, 6) is 0. The van der Waals surface area contributed by atoms with Gasteiger partial charge in [-0.1, -0.05) is 13.3 Å². The number of aromatic nitrogens is 1. The number of hydrogen-bond acceptors (Lipinski definition) is 0. The number of nitrogens with zero attached hydrogens (tertiary/aromatic N) is 1. The molecule has 0 fully saturated rings. The quantitative estimate of drug-likeness (QED) is 0.697. The van der Waals surface area contributed by atoms with Gasteiger partial charge in [-0.05, 0) is 18.6 Å². The summed E-state index contributed by atoms with van der Waals surface area (Å²) in [5.41, 5.74) is 1.43. The van der Waals surface area contributed by atoms with Gasteiger partial charge in [0, 0.05) is 18.9 Å². The minimum atomic E-state index is 0. The van der Waals surface area contributed by atoms with E-state index in [1.54, 1.807) is 0 Å². The number of hydrogen-bond donors (Lipinski definition) is 0. The lowest BCUT2D eigenvalue weighted by Gasteiger charge is -1.98. The number of halogens is 1. The van der Waals surface area contributed by atoms with Gasteiger partial charge in [0.25, 0.3) is 0 Å². The highest BCUT2D eigenvalue weighted by Crippen LogP contribution is 2.01. The SMILES string of the molecule is Br.CCCc1cccn1C. The van der Waals surface area contributed by atoms with E-state index in [9.17, 15) is 0 Å². The summed E-state index contributed by atoms with van der Waals surface area (Å²) >= 11 is 0. The maximum absolute atomic E-state index is 2.20. The Bertz CT molecular complexity index is 181. The predicted molar refractivity (Wildman–Crippen MR) is 49.7 cm³/mol. The van der Waals surface area contributed by atoms with Crippen molar-refractivity contribution in [3.63, 3.8) is 0 Å². The first-order valence-corrected chi connectivity index (χ1v) is 3.45. The van der Waals surface area contributed by atoms with Crippen LogP contribution < -0.4 is 0 Å². The van der Waals surface area contributed by atoms with Crippen LogP contribution in [-0.2, 0) is 13.5 Å². The molecule has 58 valence electrons. The first kappa shape index (κ1) is 9.76. The molecule has 1 aromatic heterocycles. The third-order valence-electron chi connectivity index (χ3n) is 1.56. The van der Waals surface area contributed by atoms with E-state index < -0.39 is 0 Å². The number of rotatable bonds is 2. The van der Waals surface area contributed by atoms with E-state index in [2.05, 4.69) is 36.9 Å². The molecule has 0 aliphatic heterocycles. The first-order chi connectivity index (χ1) is 4.34. The molecule has 0 atom stereocenters. The Morgan fingerprint density at radius 3 is 2.60 bits per heavy atom. The zero-order valence-corrected chi connectivity index (χ0v) is 8.21. The van der Waals surface area contributed by atoms with Crippen LogP contribution >= 0.6 is 17.0 Å². The Labute approximate surface area is 72.8 Å². The average Bonchev–Trinajstić information content (AvgIpc) is 2.18. The normalized spacial score (nSPS) is 9.00. The van der Waals surface area contributed by atoms with E-state index in [0.717, 1.165) is 0 Å². The Morgan fingerprint density at radius 1 is 1.50 bits per heavy atom. The molecule has 0 N–H and O–H groups in total. The Kier molecular flexibility index (Phi) is 4.45. The van der Waals surface area contributed by atoms with Crippen molar-refractivity contribution in [2.75, 3.05) is 0 Å². The largest absolute Gasteiger partial charge is 0.354 e. The molecule has 0 radical (unpaired) electrons. The summed E-state index contributed by atoms with van der Waals surface area (Å²) in [4.78, 5) is 0. The molecule has 0 aliphatic carbocycles. The molecule has 0 amide bonds. The van der Waals surface area contributed by atoms with Gasteiger partial charge in [0.05, 0.1) is 0 Å². The van der Waals surface area contributed by atoms with Gasteiger partial charge in [0.2, 0.25) is 0 Å². The molecule has 0 saturated carbocycles. The summed E-state index contributed by atoms with van der Waals surface area (Å²) in [5, 5.41) is 0. The highest BCUT2D eigenvalue weighted by atomic mass is 79.9. The maximum atomic E-state index is 2.20. The highest BCUT2D eigenvalue weighted by molar-refractivity contribution is 8.93. The average molecular weight is 204 g/mol. The minimum Gasteiger partial charge on any atom is -0.354 e. The van der Waals surface area contributed by atoms with Gasteiger partial charge in [-0.2, -0.15) is 0 Å². The van der Waals surface area contributed by atoms with Crippen molar-refractivity contribution in [1.82, 2.24) is 4.57 Å². The molecule has 2 heteroatoms. The second-order valence-corrected chi connectivity index (χ2v) is 2.36. The lowest BCUT2D eigenvalue weighted by atomic mass is 10.2. The topological polar surface area (TPSA) is 4.93 Å². The van der Waals surface area contributed by atoms with Crippen molar-refractivity contribution >= 4 is 17.0 Å². The van der Waals surface area contributed by atoms with Crippen LogP contribution in [0.25, 0.3) is 0 Å². The van der Waals surface area contributed by atoms with Crippen molar-refractivity contribution in [3.8, 4) is 0 Å². The molecule has 1 rings (SSSR count). The molecule has 1 aromatic rings. The van der Waals surface area contributed by atoms with Crippen LogP contribution in [0.5, 0.6) is 0 Å². The third kappa shape index (κ3) is 2.18. The van der Waals surface area contributed by atoms with Crippen molar-refractivity contribution in [3.05, 3.63) is 24.0 Å². The smallest absolute Gasteiger partial charge is 0.0171 e. The van der Waals surface area contributed by atoms with Gasteiger partial charge in [-0.25, -0.2) is 0 Å². The molecule has 1 nitrogen and oxygen atoms in total. The second-order valence-electron chi connectivity index (χ2n) is 2.36. The number of aryl methyl sites for hydroxylation is 2. The molecule has 0 aromatic carbocycles. The first-order valence-electron chi connectivity index (χ1n) is 3.45. The Balaban J connectivity index is 0.000000810. The van der Waals surface area contributed by atoms with Gasteiger partial charge >= 0.3 is 0 Å². The van der Waals surface area contributed by atoms with Crippen LogP contribution in [0.1, 0.15) is 19.0 Å². The summed E-state index contributed by atoms with van der Waals surface area (Å²) in [6, 6.07) is 4.26. The van der Waals surface area contributed by atoms with E-state index in [1.165, 1.54) is 18.5 Å². The lowest BCUT2D eigenvalue weighted by molar-refractivity contribution is 0.787. The fourth-order valence-electron chi connectivity index (χ4n) is 1.01. The van der Waals surface area contributed by atoms with Gasteiger partial charge in [0.1, 0.15) is 0 Å². The van der Waals surface area contributed by atoms with Crippen molar-refractivity contribution in [2.24, 2.45) is 7.05 Å². The standard InChI is InChI=1S/C8H13N.BrH/c1-3-5-8-6-4-7-9(8)2;/h4,6-7H,3,5H2,1-2H3;1H. The monoisotopic (exact) mass is 203 g/mol. The Hall–Kier alpha value is -0.240. The van der Waals surface area contributed by atoms with Crippen LogP contribution in [-0.4, -0.2) is 4.57 Å². The van der Waals surface area contributed by atoms with Crippen LogP contribution in [0.15, 0.2) is 18.3 Å². The van der Waals surface area contributed by atoms with Gasteiger partial charge in [0.15, 0.2) is 0 Å². The highest BCUT2D eigenvalue weighted by Gasteiger charge is 1.91. The third-order valence-corrected chi connectivity index (χ3v) is 1.56. The van der Waals surface area contributed by atoms with Crippen molar-refractivity contribution in [2.45, 2.75) is 19.8 Å².